The van der Waals surface area contributed by atoms with Crippen molar-refractivity contribution in [2.45, 2.75) is 45.8 Å². The van der Waals surface area contributed by atoms with Gasteiger partial charge in [-0.25, -0.2) is 0 Å². The van der Waals surface area contributed by atoms with Gasteiger partial charge in [-0.3, -0.25) is 0 Å². The van der Waals surface area contributed by atoms with Gasteiger partial charge in [-0.15, -0.1) is 0 Å². The van der Waals surface area contributed by atoms with E-state index in [9.17, 15) is 0 Å². The molecule has 0 aliphatic rings. The Hall–Kier alpha value is -0.0800. The van der Waals surface area contributed by atoms with Crippen LogP contribution in [-0.2, 0) is 4.74 Å². The van der Waals surface area contributed by atoms with Gasteiger partial charge in [0.05, 0.1) is 12.2 Å². The molecular weight excluding hydrogens is 126 g/mol. The summed E-state index contributed by atoms with van der Waals surface area (Å²) in [7, 11) is 0. The average Bonchev–Trinajstić information content (AvgIpc) is 1.99. The Morgan fingerprint density at radius 1 is 1.30 bits per heavy atom. The fourth-order valence-corrected chi connectivity index (χ4v) is 0.865. The van der Waals surface area contributed by atoms with Crippen LogP contribution in [0.3, 0.4) is 0 Å². The molecule has 0 aromatic heterocycles. The van der Waals surface area contributed by atoms with E-state index in [4.69, 9.17) is 10.5 Å². The third-order valence-corrected chi connectivity index (χ3v) is 1.67. The fraction of sp³-hybridized carbons (Fsp3) is 1.00. The summed E-state index contributed by atoms with van der Waals surface area (Å²) >= 11 is 0. The Balaban J connectivity index is 3.41. The molecule has 0 aromatic carbocycles. The number of ether oxygens (including phenoxy) is 1. The van der Waals surface area contributed by atoms with E-state index >= 15 is 0 Å². The Morgan fingerprint density at radius 2 is 1.80 bits per heavy atom. The standard InChI is InChI=1S/C8H19NO/c1-4-8(5-2)10-7(3)6-9/h7-8H,4-6,9H2,1-3H3. The van der Waals surface area contributed by atoms with Crippen molar-refractivity contribution in [1.82, 2.24) is 0 Å². The molecule has 2 heteroatoms. The zero-order chi connectivity index (χ0) is 7.98. The van der Waals surface area contributed by atoms with E-state index in [-0.39, 0.29) is 6.10 Å². The molecule has 1 atom stereocenters. The maximum atomic E-state index is 5.57. The highest BCUT2D eigenvalue weighted by molar-refractivity contribution is 4.56. The molecule has 0 aromatic rings. The summed E-state index contributed by atoms with van der Waals surface area (Å²) in [4.78, 5) is 0. The lowest BCUT2D eigenvalue weighted by Gasteiger charge is -2.18. The van der Waals surface area contributed by atoms with Crippen LogP contribution in [0, 0.1) is 0 Å². The highest BCUT2D eigenvalue weighted by Gasteiger charge is 2.06. The second-order valence-electron chi connectivity index (χ2n) is 2.62. The highest BCUT2D eigenvalue weighted by Crippen LogP contribution is 2.05. The molecule has 0 amide bonds. The second kappa shape index (κ2) is 5.69. The molecule has 0 rings (SSSR count). The van der Waals surface area contributed by atoms with Gasteiger partial charge in [0.15, 0.2) is 0 Å². The molecule has 0 aliphatic carbocycles. The van der Waals surface area contributed by atoms with Crippen molar-refractivity contribution in [2.24, 2.45) is 5.73 Å². The van der Waals surface area contributed by atoms with Crippen molar-refractivity contribution in [2.75, 3.05) is 6.54 Å². The third kappa shape index (κ3) is 3.85. The Bertz CT molecular complexity index is 71.7. The van der Waals surface area contributed by atoms with Crippen LogP contribution < -0.4 is 5.73 Å². The van der Waals surface area contributed by atoms with Gasteiger partial charge in [0.25, 0.3) is 0 Å². The van der Waals surface area contributed by atoms with Gasteiger partial charge in [-0.1, -0.05) is 13.8 Å². The highest BCUT2D eigenvalue weighted by atomic mass is 16.5. The molecule has 0 fully saturated rings. The first-order chi connectivity index (χ1) is 4.74. The van der Waals surface area contributed by atoms with Crippen LogP contribution in [0.5, 0.6) is 0 Å². The van der Waals surface area contributed by atoms with E-state index in [0.717, 1.165) is 12.8 Å². The van der Waals surface area contributed by atoms with E-state index in [1.807, 2.05) is 6.92 Å². The molecule has 10 heavy (non-hydrogen) atoms. The van der Waals surface area contributed by atoms with Crippen LogP contribution in [-0.4, -0.2) is 18.8 Å². The Morgan fingerprint density at radius 3 is 2.10 bits per heavy atom. The monoisotopic (exact) mass is 145 g/mol. The van der Waals surface area contributed by atoms with Crippen LogP contribution in [0.25, 0.3) is 0 Å². The molecule has 0 saturated heterocycles. The van der Waals surface area contributed by atoms with E-state index in [1.165, 1.54) is 0 Å². The minimum atomic E-state index is 0.213. The third-order valence-electron chi connectivity index (χ3n) is 1.67. The normalized spacial score (nSPS) is 14.1. The van der Waals surface area contributed by atoms with Crippen molar-refractivity contribution in [3.63, 3.8) is 0 Å². The van der Waals surface area contributed by atoms with Gasteiger partial charge in [-0.05, 0) is 19.8 Å². The largest absolute Gasteiger partial charge is 0.374 e. The second-order valence-corrected chi connectivity index (χ2v) is 2.62. The lowest BCUT2D eigenvalue weighted by Crippen LogP contribution is -2.25. The molecule has 0 spiro atoms. The number of hydrogen-bond acceptors (Lipinski definition) is 2. The van der Waals surface area contributed by atoms with Gasteiger partial charge in [-0.2, -0.15) is 0 Å². The van der Waals surface area contributed by atoms with Crippen LogP contribution in [0.2, 0.25) is 0 Å². The van der Waals surface area contributed by atoms with Crippen molar-refractivity contribution < 1.29 is 4.74 Å². The van der Waals surface area contributed by atoms with Crippen LogP contribution in [0.1, 0.15) is 33.6 Å². The SMILES string of the molecule is CCC(CC)OC(C)CN. The summed E-state index contributed by atoms with van der Waals surface area (Å²) < 4.78 is 5.57. The molecule has 0 heterocycles. The first-order valence-corrected chi connectivity index (χ1v) is 4.10. The fourth-order valence-electron chi connectivity index (χ4n) is 0.865. The van der Waals surface area contributed by atoms with E-state index < -0.39 is 0 Å². The summed E-state index contributed by atoms with van der Waals surface area (Å²) in [5.41, 5.74) is 5.40. The first kappa shape index (κ1) is 9.92. The minimum absolute atomic E-state index is 0.213. The summed E-state index contributed by atoms with van der Waals surface area (Å²) in [5.74, 6) is 0. The minimum Gasteiger partial charge on any atom is -0.374 e. The van der Waals surface area contributed by atoms with Crippen LogP contribution in [0.4, 0.5) is 0 Å². The molecule has 2 N–H and O–H groups in total. The van der Waals surface area contributed by atoms with Gasteiger partial charge in [0, 0.05) is 6.54 Å². The van der Waals surface area contributed by atoms with Crippen molar-refractivity contribution >= 4 is 0 Å². The predicted molar refractivity (Wildman–Crippen MR) is 44.0 cm³/mol. The molecular formula is C8H19NO. The summed E-state index contributed by atoms with van der Waals surface area (Å²) in [6.07, 6.45) is 2.78. The van der Waals surface area contributed by atoms with Crippen LogP contribution in [0.15, 0.2) is 0 Å². The van der Waals surface area contributed by atoms with Crippen molar-refractivity contribution in [3.8, 4) is 0 Å². The zero-order valence-corrected chi connectivity index (χ0v) is 7.26. The van der Waals surface area contributed by atoms with Crippen molar-refractivity contribution in [3.05, 3.63) is 0 Å². The molecule has 0 saturated carbocycles. The van der Waals surface area contributed by atoms with Gasteiger partial charge in [0.1, 0.15) is 0 Å². The van der Waals surface area contributed by atoms with Gasteiger partial charge in [0.2, 0.25) is 0 Å². The average molecular weight is 145 g/mol. The summed E-state index contributed by atoms with van der Waals surface area (Å²) in [6, 6.07) is 0. The molecule has 0 radical (unpaired) electrons. The van der Waals surface area contributed by atoms with Gasteiger partial charge < -0.3 is 10.5 Å². The number of hydrogen-bond donors (Lipinski definition) is 1. The predicted octanol–water partition coefficient (Wildman–Crippen LogP) is 1.54. The molecule has 2 nitrogen and oxygen atoms in total. The lowest BCUT2D eigenvalue weighted by atomic mass is 10.2. The zero-order valence-electron chi connectivity index (χ0n) is 7.26. The quantitative estimate of drug-likeness (QED) is 0.637. The molecule has 0 bridgehead atoms. The van der Waals surface area contributed by atoms with E-state index in [0.29, 0.717) is 12.6 Å². The smallest absolute Gasteiger partial charge is 0.0672 e. The maximum absolute atomic E-state index is 5.57. The summed E-state index contributed by atoms with van der Waals surface area (Å²) in [5, 5.41) is 0. The number of nitrogens with two attached hydrogens (primary N) is 1. The lowest BCUT2D eigenvalue weighted by molar-refractivity contribution is -0.000829. The van der Waals surface area contributed by atoms with Crippen LogP contribution >= 0.6 is 0 Å². The molecule has 1 unspecified atom stereocenters. The summed E-state index contributed by atoms with van der Waals surface area (Å²) in [6.45, 7) is 6.91. The Labute approximate surface area is 63.7 Å². The van der Waals surface area contributed by atoms with E-state index in [2.05, 4.69) is 13.8 Å². The van der Waals surface area contributed by atoms with Crippen molar-refractivity contribution in [1.29, 1.82) is 0 Å². The maximum Gasteiger partial charge on any atom is 0.0672 e. The topological polar surface area (TPSA) is 35.2 Å². The van der Waals surface area contributed by atoms with Gasteiger partial charge >= 0.3 is 0 Å². The molecule has 0 aliphatic heterocycles. The van der Waals surface area contributed by atoms with E-state index in [1.54, 1.807) is 0 Å². The first-order valence-electron chi connectivity index (χ1n) is 4.10. The number of rotatable bonds is 5. The molecule has 62 valence electrons. The Kier molecular flexibility index (Phi) is 5.64.